The van der Waals surface area contributed by atoms with Crippen LogP contribution in [0.2, 0.25) is 0 Å². The van der Waals surface area contributed by atoms with E-state index in [1.165, 1.54) is 12.1 Å². The fourth-order valence-electron chi connectivity index (χ4n) is 1.66. The molecule has 0 aliphatic carbocycles. The number of nitriles is 1. The Morgan fingerprint density at radius 2 is 1.91 bits per heavy atom. The van der Waals surface area contributed by atoms with Crippen LogP contribution in [-0.2, 0) is 4.74 Å². The minimum Gasteiger partial charge on any atom is -0.444 e. The second-order valence-electron chi connectivity index (χ2n) is 5.84. The van der Waals surface area contributed by atoms with Crippen molar-refractivity contribution in [2.75, 3.05) is 13.1 Å². The van der Waals surface area contributed by atoms with Gasteiger partial charge >= 0.3 is 6.09 Å². The number of benzene rings is 1. The number of carbonyl (C=O) groups is 2. The van der Waals surface area contributed by atoms with E-state index < -0.39 is 23.4 Å². The number of hydrogen-bond donors (Lipinski definition) is 2. The Bertz CT molecular complexity index is 618. The highest BCUT2D eigenvalue weighted by Crippen LogP contribution is 2.09. The van der Waals surface area contributed by atoms with Gasteiger partial charge in [0.1, 0.15) is 11.4 Å². The first kappa shape index (κ1) is 18.4. The van der Waals surface area contributed by atoms with Gasteiger partial charge in [0.2, 0.25) is 0 Å². The maximum Gasteiger partial charge on any atom is 0.407 e. The van der Waals surface area contributed by atoms with Crippen molar-refractivity contribution in [3.8, 4) is 6.07 Å². The second kappa shape index (κ2) is 8.13. The van der Waals surface area contributed by atoms with Gasteiger partial charge < -0.3 is 15.4 Å². The van der Waals surface area contributed by atoms with Gasteiger partial charge in [0.25, 0.3) is 5.91 Å². The molecule has 1 rings (SSSR count). The summed E-state index contributed by atoms with van der Waals surface area (Å²) in [5.74, 6) is -1.31. The van der Waals surface area contributed by atoms with Gasteiger partial charge in [-0.1, -0.05) is 0 Å². The highest BCUT2D eigenvalue weighted by Gasteiger charge is 2.15. The molecule has 2 amide bonds. The van der Waals surface area contributed by atoms with Crippen molar-refractivity contribution in [2.45, 2.75) is 32.8 Å². The van der Waals surface area contributed by atoms with Gasteiger partial charge in [-0.15, -0.1) is 0 Å². The summed E-state index contributed by atoms with van der Waals surface area (Å²) in [4.78, 5) is 23.2. The molecule has 6 nitrogen and oxygen atoms in total. The summed E-state index contributed by atoms with van der Waals surface area (Å²) in [6, 6.07) is 5.45. The topological polar surface area (TPSA) is 91.2 Å². The lowest BCUT2D eigenvalue weighted by Gasteiger charge is -2.19. The molecule has 23 heavy (non-hydrogen) atoms. The van der Waals surface area contributed by atoms with E-state index >= 15 is 0 Å². The third kappa shape index (κ3) is 6.78. The Morgan fingerprint density at radius 3 is 2.48 bits per heavy atom. The van der Waals surface area contributed by atoms with Crippen LogP contribution in [0.15, 0.2) is 18.2 Å². The molecule has 0 unspecified atom stereocenters. The Labute approximate surface area is 134 Å². The van der Waals surface area contributed by atoms with E-state index in [9.17, 15) is 14.0 Å². The smallest absolute Gasteiger partial charge is 0.407 e. The maximum atomic E-state index is 13.6. The maximum absolute atomic E-state index is 13.6. The Hall–Kier alpha value is -2.62. The van der Waals surface area contributed by atoms with Crippen molar-refractivity contribution in [1.29, 1.82) is 5.26 Å². The molecule has 7 heteroatoms. The van der Waals surface area contributed by atoms with Gasteiger partial charge in [0.15, 0.2) is 0 Å². The zero-order chi connectivity index (χ0) is 17.5. The van der Waals surface area contributed by atoms with Crippen molar-refractivity contribution in [1.82, 2.24) is 10.6 Å². The molecule has 0 spiro atoms. The zero-order valence-electron chi connectivity index (χ0n) is 13.4. The summed E-state index contributed by atoms with van der Waals surface area (Å²) in [6.45, 7) is 5.88. The van der Waals surface area contributed by atoms with E-state index in [4.69, 9.17) is 10.00 Å². The van der Waals surface area contributed by atoms with E-state index in [0.29, 0.717) is 13.0 Å². The van der Waals surface area contributed by atoms with Crippen LogP contribution in [-0.4, -0.2) is 30.7 Å². The first-order valence-corrected chi connectivity index (χ1v) is 7.17. The number of alkyl carbamates (subject to hydrolysis) is 1. The summed E-state index contributed by atoms with van der Waals surface area (Å²) in [7, 11) is 0. The van der Waals surface area contributed by atoms with Gasteiger partial charge in [-0.05, 0) is 45.4 Å². The van der Waals surface area contributed by atoms with Gasteiger partial charge in [0.05, 0.1) is 17.2 Å². The minimum atomic E-state index is -0.742. The third-order valence-electron chi connectivity index (χ3n) is 2.65. The Morgan fingerprint density at radius 1 is 1.26 bits per heavy atom. The van der Waals surface area contributed by atoms with Crippen LogP contribution in [0.1, 0.15) is 43.1 Å². The van der Waals surface area contributed by atoms with E-state index in [1.807, 2.05) is 0 Å². The summed E-state index contributed by atoms with van der Waals surface area (Å²) in [5.41, 5.74) is -0.532. The highest BCUT2D eigenvalue weighted by molar-refractivity contribution is 5.94. The van der Waals surface area contributed by atoms with E-state index in [-0.39, 0.29) is 17.7 Å². The quantitative estimate of drug-likeness (QED) is 0.814. The number of ether oxygens (including phenoxy) is 1. The number of amides is 2. The Kier molecular flexibility index (Phi) is 6.51. The molecule has 0 aliphatic rings. The average Bonchev–Trinajstić information content (AvgIpc) is 2.44. The molecule has 0 aliphatic heterocycles. The van der Waals surface area contributed by atoms with Crippen LogP contribution < -0.4 is 10.6 Å². The van der Waals surface area contributed by atoms with Crippen molar-refractivity contribution in [2.24, 2.45) is 0 Å². The molecular formula is C16H20FN3O3. The van der Waals surface area contributed by atoms with Crippen molar-refractivity contribution >= 4 is 12.0 Å². The van der Waals surface area contributed by atoms with Gasteiger partial charge in [0, 0.05) is 13.1 Å². The summed E-state index contributed by atoms with van der Waals surface area (Å²) >= 11 is 0. The molecule has 0 bridgehead atoms. The lowest BCUT2D eigenvalue weighted by Crippen LogP contribution is -2.34. The molecule has 1 aromatic rings. The average molecular weight is 321 g/mol. The number of nitrogens with one attached hydrogen (secondary N) is 2. The lowest BCUT2D eigenvalue weighted by atomic mass is 10.1. The predicted octanol–water partition coefficient (Wildman–Crippen LogP) is 2.34. The van der Waals surface area contributed by atoms with Crippen LogP contribution in [0.3, 0.4) is 0 Å². The SMILES string of the molecule is CC(C)(C)OC(=O)NCCCNC(=O)c1ccc(C#N)cc1F. The first-order valence-electron chi connectivity index (χ1n) is 7.17. The number of hydrogen-bond acceptors (Lipinski definition) is 4. The van der Waals surface area contributed by atoms with Gasteiger partial charge in [-0.25, -0.2) is 9.18 Å². The molecule has 0 saturated carbocycles. The molecule has 0 atom stereocenters. The zero-order valence-corrected chi connectivity index (χ0v) is 13.4. The van der Waals surface area contributed by atoms with Crippen LogP contribution in [0.25, 0.3) is 0 Å². The molecule has 1 aromatic carbocycles. The standard InChI is InChI=1S/C16H20FN3O3/c1-16(2,3)23-15(22)20-8-4-7-19-14(21)12-6-5-11(10-18)9-13(12)17/h5-6,9H,4,7-8H2,1-3H3,(H,19,21)(H,20,22). The molecule has 0 heterocycles. The largest absolute Gasteiger partial charge is 0.444 e. The van der Waals surface area contributed by atoms with Crippen LogP contribution in [0.4, 0.5) is 9.18 Å². The minimum absolute atomic E-state index is 0.121. The number of nitrogens with zero attached hydrogens (tertiary/aromatic N) is 1. The van der Waals surface area contributed by atoms with Gasteiger partial charge in [-0.2, -0.15) is 5.26 Å². The molecular weight excluding hydrogens is 301 g/mol. The normalized spacial score (nSPS) is 10.6. The molecule has 124 valence electrons. The van der Waals surface area contributed by atoms with Crippen molar-refractivity contribution < 1.29 is 18.7 Å². The molecule has 0 aromatic heterocycles. The van der Waals surface area contributed by atoms with Crippen LogP contribution in [0, 0.1) is 17.1 Å². The Balaban J connectivity index is 2.33. The summed E-state index contributed by atoms with van der Waals surface area (Å²) in [5, 5.41) is 13.7. The second-order valence-corrected chi connectivity index (χ2v) is 5.84. The monoisotopic (exact) mass is 321 g/mol. The van der Waals surface area contributed by atoms with Crippen molar-refractivity contribution in [3.05, 3.63) is 35.1 Å². The summed E-state index contributed by atoms with van der Waals surface area (Å²) < 4.78 is 18.7. The van der Waals surface area contributed by atoms with Crippen LogP contribution >= 0.6 is 0 Å². The van der Waals surface area contributed by atoms with E-state index in [2.05, 4.69) is 10.6 Å². The predicted molar refractivity (Wildman–Crippen MR) is 82.3 cm³/mol. The van der Waals surface area contributed by atoms with Gasteiger partial charge in [-0.3, -0.25) is 4.79 Å². The molecule has 0 radical (unpaired) electrons. The van der Waals surface area contributed by atoms with Crippen LogP contribution in [0.5, 0.6) is 0 Å². The number of halogens is 1. The molecule has 0 fully saturated rings. The fraction of sp³-hybridized carbons (Fsp3) is 0.438. The molecule has 2 N–H and O–H groups in total. The number of rotatable bonds is 5. The highest BCUT2D eigenvalue weighted by atomic mass is 19.1. The van der Waals surface area contributed by atoms with Crippen molar-refractivity contribution in [3.63, 3.8) is 0 Å². The van der Waals surface area contributed by atoms with E-state index in [1.54, 1.807) is 26.8 Å². The summed E-state index contributed by atoms with van der Waals surface area (Å²) in [6.07, 6.45) is -0.0509. The number of carbonyl (C=O) groups excluding carboxylic acids is 2. The molecule has 0 saturated heterocycles. The first-order chi connectivity index (χ1) is 10.7. The lowest BCUT2D eigenvalue weighted by molar-refractivity contribution is 0.0527. The third-order valence-corrected chi connectivity index (χ3v) is 2.65. The fourth-order valence-corrected chi connectivity index (χ4v) is 1.66. The van der Waals surface area contributed by atoms with E-state index in [0.717, 1.165) is 6.07 Å².